The number of hydrogen-bond donors (Lipinski definition) is 3. The lowest BCUT2D eigenvalue weighted by atomic mass is 9.90. The van der Waals surface area contributed by atoms with Crippen LogP contribution in [0.4, 0.5) is 4.79 Å². The molecule has 5 heteroatoms. The Labute approximate surface area is 112 Å². The van der Waals surface area contributed by atoms with Crippen LogP contribution < -0.4 is 5.32 Å². The SMILES string of the molecule is O=C(NC1[C@@H](O)CCC[C@@H]1O)OCc1ccccc1. The molecular formula is C14H19NO4. The van der Waals surface area contributed by atoms with Crippen LogP contribution in [0.25, 0.3) is 0 Å². The summed E-state index contributed by atoms with van der Waals surface area (Å²) in [7, 11) is 0. The molecule has 1 aliphatic carbocycles. The highest BCUT2D eigenvalue weighted by atomic mass is 16.5. The van der Waals surface area contributed by atoms with Crippen LogP contribution in [0.15, 0.2) is 30.3 Å². The summed E-state index contributed by atoms with van der Waals surface area (Å²) in [5.74, 6) is 0. The molecule has 0 unspecified atom stereocenters. The van der Waals surface area contributed by atoms with Gasteiger partial charge in [0.25, 0.3) is 0 Å². The Bertz CT molecular complexity index is 399. The number of amides is 1. The normalized spacial score (nSPS) is 23.9. The van der Waals surface area contributed by atoms with Crippen LogP contribution >= 0.6 is 0 Å². The Morgan fingerprint density at radius 3 is 2.47 bits per heavy atom. The van der Waals surface area contributed by atoms with Gasteiger partial charge in [-0.15, -0.1) is 0 Å². The van der Waals surface area contributed by atoms with Crippen LogP contribution in [-0.4, -0.2) is 34.6 Å². The molecule has 19 heavy (non-hydrogen) atoms. The van der Waals surface area contributed by atoms with E-state index in [4.69, 9.17) is 4.74 Å². The molecular weight excluding hydrogens is 246 g/mol. The lowest BCUT2D eigenvalue weighted by molar-refractivity contribution is 0.000187. The minimum absolute atomic E-state index is 0.172. The van der Waals surface area contributed by atoms with E-state index in [0.717, 1.165) is 12.0 Å². The van der Waals surface area contributed by atoms with Crippen molar-refractivity contribution in [2.75, 3.05) is 0 Å². The van der Waals surface area contributed by atoms with Crippen LogP contribution in [0.1, 0.15) is 24.8 Å². The molecule has 1 amide bonds. The van der Waals surface area contributed by atoms with Gasteiger partial charge in [0.05, 0.1) is 18.2 Å². The number of ether oxygens (including phenoxy) is 1. The lowest BCUT2D eigenvalue weighted by Crippen LogP contribution is -2.53. The zero-order valence-corrected chi connectivity index (χ0v) is 10.7. The average molecular weight is 265 g/mol. The van der Waals surface area contributed by atoms with Gasteiger partial charge < -0.3 is 20.3 Å². The fourth-order valence-corrected chi connectivity index (χ4v) is 2.24. The Kier molecular flexibility index (Phi) is 4.76. The number of aliphatic hydroxyl groups excluding tert-OH is 2. The second kappa shape index (κ2) is 6.54. The maximum Gasteiger partial charge on any atom is 0.407 e. The molecule has 1 aromatic carbocycles. The van der Waals surface area contributed by atoms with E-state index in [9.17, 15) is 15.0 Å². The highest BCUT2D eigenvalue weighted by Crippen LogP contribution is 2.19. The maximum atomic E-state index is 11.6. The van der Waals surface area contributed by atoms with Crippen molar-refractivity contribution in [1.82, 2.24) is 5.32 Å². The fourth-order valence-electron chi connectivity index (χ4n) is 2.24. The van der Waals surface area contributed by atoms with Crippen molar-refractivity contribution in [2.45, 2.75) is 44.1 Å². The first-order valence-electron chi connectivity index (χ1n) is 6.50. The molecule has 0 spiro atoms. The van der Waals surface area contributed by atoms with E-state index in [0.29, 0.717) is 12.8 Å². The molecule has 0 bridgehead atoms. The zero-order chi connectivity index (χ0) is 13.7. The third kappa shape index (κ3) is 3.94. The Hall–Kier alpha value is -1.59. The smallest absolute Gasteiger partial charge is 0.407 e. The fraction of sp³-hybridized carbons (Fsp3) is 0.500. The number of hydrogen-bond acceptors (Lipinski definition) is 4. The topological polar surface area (TPSA) is 78.8 Å². The van der Waals surface area contributed by atoms with Gasteiger partial charge in [-0.2, -0.15) is 0 Å². The Morgan fingerprint density at radius 2 is 1.84 bits per heavy atom. The summed E-state index contributed by atoms with van der Waals surface area (Å²) < 4.78 is 5.06. The van der Waals surface area contributed by atoms with E-state index in [2.05, 4.69) is 5.32 Å². The van der Waals surface area contributed by atoms with E-state index >= 15 is 0 Å². The molecule has 0 aliphatic heterocycles. The van der Waals surface area contributed by atoms with E-state index in [-0.39, 0.29) is 6.61 Å². The van der Waals surface area contributed by atoms with Crippen LogP contribution in [-0.2, 0) is 11.3 Å². The second-order valence-electron chi connectivity index (χ2n) is 4.80. The number of benzene rings is 1. The largest absolute Gasteiger partial charge is 0.445 e. The van der Waals surface area contributed by atoms with Gasteiger partial charge in [-0.1, -0.05) is 30.3 Å². The summed E-state index contributed by atoms with van der Waals surface area (Å²) in [5, 5.41) is 22.0. The third-order valence-corrected chi connectivity index (χ3v) is 3.33. The molecule has 0 aromatic heterocycles. The number of aliphatic hydroxyl groups is 2. The van der Waals surface area contributed by atoms with Crippen molar-refractivity contribution in [1.29, 1.82) is 0 Å². The molecule has 1 aromatic rings. The Morgan fingerprint density at radius 1 is 1.21 bits per heavy atom. The van der Waals surface area contributed by atoms with Gasteiger partial charge in [0, 0.05) is 0 Å². The summed E-state index contributed by atoms with van der Waals surface area (Å²) in [4.78, 5) is 11.6. The number of rotatable bonds is 3. The molecule has 2 rings (SSSR count). The highest BCUT2D eigenvalue weighted by Gasteiger charge is 2.32. The summed E-state index contributed by atoms with van der Waals surface area (Å²) in [6.07, 6.45) is -0.115. The van der Waals surface area contributed by atoms with Gasteiger partial charge in [0.15, 0.2) is 0 Å². The quantitative estimate of drug-likeness (QED) is 0.767. The van der Waals surface area contributed by atoms with E-state index in [1.807, 2.05) is 30.3 Å². The van der Waals surface area contributed by atoms with Gasteiger partial charge in [-0.05, 0) is 24.8 Å². The van der Waals surface area contributed by atoms with Crippen LogP contribution in [0, 0.1) is 0 Å². The molecule has 1 fully saturated rings. The van der Waals surface area contributed by atoms with Crippen molar-refractivity contribution in [3.63, 3.8) is 0 Å². The van der Waals surface area contributed by atoms with Crippen molar-refractivity contribution in [3.8, 4) is 0 Å². The molecule has 1 aliphatic rings. The van der Waals surface area contributed by atoms with Crippen molar-refractivity contribution >= 4 is 6.09 Å². The average Bonchev–Trinajstić information content (AvgIpc) is 2.42. The predicted octanol–water partition coefficient (Wildman–Crippen LogP) is 1.19. The first-order valence-corrected chi connectivity index (χ1v) is 6.50. The Balaban J connectivity index is 1.80. The number of carbonyl (C=O) groups is 1. The van der Waals surface area contributed by atoms with Crippen molar-refractivity contribution in [3.05, 3.63) is 35.9 Å². The monoisotopic (exact) mass is 265 g/mol. The zero-order valence-electron chi connectivity index (χ0n) is 10.7. The van der Waals surface area contributed by atoms with Gasteiger partial charge in [-0.3, -0.25) is 0 Å². The first-order chi connectivity index (χ1) is 9.16. The van der Waals surface area contributed by atoms with Gasteiger partial charge in [0.2, 0.25) is 0 Å². The van der Waals surface area contributed by atoms with Crippen molar-refractivity contribution < 1.29 is 19.7 Å². The van der Waals surface area contributed by atoms with Crippen LogP contribution in [0.2, 0.25) is 0 Å². The standard InChI is InChI=1S/C14H19NO4/c16-11-7-4-8-12(17)13(11)15-14(18)19-9-10-5-2-1-3-6-10/h1-3,5-6,11-13,16-17H,4,7-9H2,(H,15,18)/t11-,12-/m0/s1. The third-order valence-electron chi connectivity index (χ3n) is 3.33. The molecule has 0 saturated heterocycles. The molecule has 0 heterocycles. The summed E-state index contributed by atoms with van der Waals surface area (Å²) in [5.41, 5.74) is 0.891. The van der Waals surface area contributed by atoms with Crippen molar-refractivity contribution in [2.24, 2.45) is 0 Å². The van der Waals surface area contributed by atoms with Crippen LogP contribution in [0.5, 0.6) is 0 Å². The molecule has 104 valence electrons. The van der Waals surface area contributed by atoms with Gasteiger partial charge in [-0.25, -0.2) is 4.79 Å². The minimum Gasteiger partial charge on any atom is -0.445 e. The van der Waals surface area contributed by atoms with E-state index in [1.165, 1.54) is 0 Å². The predicted molar refractivity (Wildman–Crippen MR) is 69.4 cm³/mol. The highest BCUT2D eigenvalue weighted by molar-refractivity contribution is 5.67. The number of nitrogens with one attached hydrogen (secondary N) is 1. The van der Waals surface area contributed by atoms with Crippen LogP contribution in [0.3, 0.4) is 0 Å². The maximum absolute atomic E-state index is 11.6. The van der Waals surface area contributed by atoms with E-state index < -0.39 is 24.3 Å². The molecule has 0 radical (unpaired) electrons. The summed E-state index contributed by atoms with van der Waals surface area (Å²) in [6, 6.07) is 8.70. The number of alkyl carbamates (subject to hydrolysis) is 1. The summed E-state index contributed by atoms with van der Waals surface area (Å²) in [6.45, 7) is 0.172. The van der Waals surface area contributed by atoms with E-state index in [1.54, 1.807) is 0 Å². The second-order valence-corrected chi connectivity index (χ2v) is 4.80. The summed E-state index contributed by atoms with van der Waals surface area (Å²) >= 11 is 0. The van der Waals surface area contributed by atoms with Gasteiger partial charge in [0.1, 0.15) is 6.61 Å². The lowest BCUT2D eigenvalue weighted by Gasteiger charge is -2.32. The first kappa shape index (κ1) is 13.8. The minimum atomic E-state index is -0.715. The molecule has 1 saturated carbocycles. The van der Waals surface area contributed by atoms with Gasteiger partial charge >= 0.3 is 6.09 Å². The molecule has 5 nitrogen and oxygen atoms in total. The number of carbonyl (C=O) groups excluding carboxylic acids is 1. The molecule has 3 N–H and O–H groups in total. The molecule has 2 atom stereocenters.